The van der Waals surface area contributed by atoms with Crippen LogP contribution in [0.4, 0.5) is 0 Å². The summed E-state index contributed by atoms with van der Waals surface area (Å²) >= 11 is 0. The predicted octanol–water partition coefficient (Wildman–Crippen LogP) is 3.17. The maximum atomic E-state index is 12.7. The number of benzene rings is 2. The van der Waals surface area contributed by atoms with Crippen LogP contribution in [0, 0.1) is 0 Å². The number of carbonyl (C=O) groups excluding carboxylic acids is 2. The number of hydrogen-bond acceptors (Lipinski definition) is 5. The molecule has 0 N–H and O–H groups in total. The quantitative estimate of drug-likeness (QED) is 0.524. The van der Waals surface area contributed by atoms with Crippen molar-refractivity contribution in [2.24, 2.45) is 0 Å². The summed E-state index contributed by atoms with van der Waals surface area (Å²) in [4.78, 5) is 26.2. The number of carbonyl (C=O) groups is 2. The first-order chi connectivity index (χ1) is 15.8. The lowest BCUT2D eigenvalue weighted by atomic mass is 10.1. The summed E-state index contributed by atoms with van der Waals surface area (Å²) in [6.07, 6.45) is 3.74. The zero-order chi connectivity index (χ0) is 23.8. The molecule has 8 heteroatoms. The standard InChI is InChI=1S/C25H32N2O5S/c1-3-20-7-9-22(10-8-20)18-26(2)24(28)19-32-25(29)17-21-11-13-23(14-12-21)33(30,31)27-15-5-4-6-16-27/h7-14H,3-6,15-19H2,1-2H3. The maximum Gasteiger partial charge on any atom is 0.310 e. The van der Waals surface area contributed by atoms with E-state index in [2.05, 4.69) is 6.92 Å². The van der Waals surface area contributed by atoms with Crippen molar-refractivity contribution in [1.82, 2.24) is 9.21 Å². The van der Waals surface area contributed by atoms with Crippen molar-refractivity contribution in [3.63, 3.8) is 0 Å². The summed E-state index contributed by atoms with van der Waals surface area (Å²) in [5.74, 6) is -0.818. The Bertz CT molecular complexity index is 1040. The molecule has 2 aromatic carbocycles. The number of sulfonamides is 1. The molecular formula is C25H32N2O5S. The van der Waals surface area contributed by atoms with Crippen molar-refractivity contribution in [2.75, 3.05) is 26.7 Å². The molecule has 1 saturated heterocycles. The van der Waals surface area contributed by atoms with Gasteiger partial charge < -0.3 is 9.64 Å². The summed E-state index contributed by atoms with van der Waals surface area (Å²) in [5.41, 5.74) is 2.88. The van der Waals surface area contributed by atoms with Gasteiger partial charge in [0.15, 0.2) is 6.61 Å². The van der Waals surface area contributed by atoms with E-state index in [1.54, 1.807) is 19.2 Å². The fourth-order valence-electron chi connectivity index (χ4n) is 3.75. The number of nitrogens with zero attached hydrogens (tertiary/aromatic N) is 2. The largest absolute Gasteiger partial charge is 0.455 e. The maximum absolute atomic E-state index is 12.7. The van der Waals surface area contributed by atoms with Gasteiger partial charge in [-0.25, -0.2) is 8.42 Å². The Hall–Kier alpha value is -2.71. The molecule has 0 radical (unpaired) electrons. The Morgan fingerprint density at radius 3 is 2.09 bits per heavy atom. The molecule has 0 unspecified atom stereocenters. The van der Waals surface area contributed by atoms with E-state index >= 15 is 0 Å². The summed E-state index contributed by atoms with van der Waals surface area (Å²) in [5, 5.41) is 0. The number of piperidine rings is 1. The molecule has 0 atom stereocenters. The fourth-order valence-corrected chi connectivity index (χ4v) is 5.26. The number of likely N-dealkylation sites (N-methyl/N-ethyl adjacent to an activating group) is 1. The lowest BCUT2D eigenvalue weighted by Gasteiger charge is -2.25. The zero-order valence-electron chi connectivity index (χ0n) is 19.3. The van der Waals surface area contributed by atoms with Crippen molar-refractivity contribution in [1.29, 1.82) is 0 Å². The average Bonchev–Trinajstić information content (AvgIpc) is 2.84. The molecule has 1 fully saturated rings. The van der Waals surface area contributed by atoms with E-state index in [0.29, 0.717) is 25.2 Å². The topological polar surface area (TPSA) is 84.0 Å². The number of hydrogen-bond donors (Lipinski definition) is 0. The summed E-state index contributed by atoms with van der Waals surface area (Å²) < 4.78 is 32.1. The monoisotopic (exact) mass is 472 g/mol. The number of amides is 1. The molecule has 1 heterocycles. The Labute approximate surface area is 196 Å². The highest BCUT2D eigenvalue weighted by Gasteiger charge is 2.25. The first-order valence-corrected chi connectivity index (χ1v) is 12.8. The van der Waals surface area contributed by atoms with Crippen LogP contribution < -0.4 is 0 Å². The zero-order valence-corrected chi connectivity index (χ0v) is 20.1. The molecule has 0 bridgehead atoms. The van der Waals surface area contributed by atoms with Crippen LogP contribution in [-0.4, -0.2) is 56.2 Å². The lowest BCUT2D eigenvalue weighted by molar-refractivity contribution is -0.151. The Balaban J connectivity index is 1.47. The average molecular weight is 473 g/mol. The highest BCUT2D eigenvalue weighted by Crippen LogP contribution is 2.21. The van der Waals surface area contributed by atoms with Crippen LogP contribution in [0.25, 0.3) is 0 Å². The summed E-state index contributed by atoms with van der Waals surface area (Å²) in [7, 11) is -1.83. The SMILES string of the molecule is CCc1ccc(CN(C)C(=O)COC(=O)Cc2ccc(S(=O)(=O)N3CCCCC3)cc2)cc1. The molecule has 1 aliphatic heterocycles. The molecule has 3 rings (SSSR count). The van der Waals surface area contributed by atoms with Crippen LogP contribution in [0.15, 0.2) is 53.4 Å². The van der Waals surface area contributed by atoms with Crippen molar-refractivity contribution in [3.8, 4) is 0 Å². The van der Waals surface area contributed by atoms with Gasteiger partial charge >= 0.3 is 5.97 Å². The summed E-state index contributed by atoms with van der Waals surface area (Å²) in [6.45, 7) is 3.29. The molecule has 178 valence electrons. The van der Waals surface area contributed by atoms with Gasteiger partial charge in [-0.2, -0.15) is 4.31 Å². The molecule has 0 aliphatic carbocycles. The molecule has 1 aliphatic rings. The predicted molar refractivity (Wildman–Crippen MR) is 126 cm³/mol. The third kappa shape index (κ3) is 6.88. The van der Waals surface area contributed by atoms with Gasteiger partial charge in [-0.05, 0) is 48.1 Å². The van der Waals surface area contributed by atoms with Crippen LogP contribution >= 0.6 is 0 Å². The van der Waals surface area contributed by atoms with Crippen LogP contribution in [0.5, 0.6) is 0 Å². The Kier molecular flexibility index (Phi) is 8.63. The third-order valence-electron chi connectivity index (χ3n) is 5.86. The van der Waals surface area contributed by atoms with Crippen molar-refractivity contribution >= 4 is 21.9 Å². The minimum atomic E-state index is -3.50. The normalized spacial score (nSPS) is 14.6. The third-order valence-corrected chi connectivity index (χ3v) is 7.77. The van der Waals surface area contributed by atoms with Gasteiger partial charge in [-0.1, -0.05) is 49.7 Å². The minimum absolute atomic E-state index is 0.0283. The second-order valence-electron chi connectivity index (χ2n) is 8.37. The molecule has 2 aromatic rings. The van der Waals surface area contributed by atoms with Gasteiger partial charge in [0.2, 0.25) is 10.0 Å². The minimum Gasteiger partial charge on any atom is -0.455 e. The van der Waals surface area contributed by atoms with Crippen molar-refractivity contribution < 1.29 is 22.7 Å². The molecule has 33 heavy (non-hydrogen) atoms. The van der Waals surface area contributed by atoms with Crippen molar-refractivity contribution in [2.45, 2.75) is 50.5 Å². The molecule has 7 nitrogen and oxygen atoms in total. The summed E-state index contributed by atoms with van der Waals surface area (Å²) in [6, 6.07) is 14.3. The van der Waals surface area contributed by atoms with Gasteiger partial charge in [0.05, 0.1) is 11.3 Å². The number of ether oxygens (including phenoxy) is 1. The number of rotatable bonds is 9. The molecule has 0 aromatic heterocycles. The smallest absolute Gasteiger partial charge is 0.310 e. The van der Waals surface area contributed by atoms with Gasteiger partial charge in [0.25, 0.3) is 5.91 Å². The van der Waals surface area contributed by atoms with Gasteiger partial charge in [-0.15, -0.1) is 0 Å². The van der Waals surface area contributed by atoms with Crippen LogP contribution in [0.3, 0.4) is 0 Å². The van der Waals surface area contributed by atoms with E-state index in [9.17, 15) is 18.0 Å². The Morgan fingerprint density at radius 1 is 0.909 bits per heavy atom. The van der Waals surface area contributed by atoms with Gasteiger partial charge in [-0.3, -0.25) is 9.59 Å². The van der Waals surface area contributed by atoms with Crippen molar-refractivity contribution in [3.05, 3.63) is 65.2 Å². The lowest BCUT2D eigenvalue weighted by Crippen LogP contribution is -2.35. The van der Waals surface area contributed by atoms with E-state index in [-0.39, 0.29) is 23.8 Å². The molecular weight excluding hydrogens is 440 g/mol. The van der Waals surface area contributed by atoms with E-state index < -0.39 is 16.0 Å². The highest BCUT2D eigenvalue weighted by atomic mass is 32.2. The second-order valence-corrected chi connectivity index (χ2v) is 10.3. The Morgan fingerprint density at radius 2 is 1.48 bits per heavy atom. The van der Waals surface area contributed by atoms with E-state index in [4.69, 9.17) is 4.74 Å². The van der Waals surface area contributed by atoms with E-state index in [1.807, 2.05) is 24.3 Å². The van der Waals surface area contributed by atoms with E-state index in [0.717, 1.165) is 31.2 Å². The molecule has 0 spiro atoms. The van der Waals surface area contributed by atoms with Crippen LogP contribution in [0.2, 0.25) is 0 Å². The number of aryl methyl sites for hydroxylation is 1. The van der Waals surface area contributed by atoms with Crippen LogP contribution in [0.1, 0.15) is 42.9 Å². The molecule has 1 amide bonds. The van der Waals surface area contributed by atoms with Gasteiger partial charge in [0, 0.05) is 26.7 Å². The van der Waals surface area contributed by atoms with Crippen LogP contribution in [-0.2, 0) is 43.7 Å². The van der Waals surface area contributed by atoms with Gasteiger partial charge in [0.1, 0.15) is 0 Å². The fraction of sp³-hybridized carbons (Fsp3) is 0.440. The highest BCUT2D eigenvalue weighted by molar-refractivity contribution is 7.89. The number of esters is 1. The second kappa shape index (κ2) is 11.4. The van der Waals surface area contributed by atoms with E-state index in [1.165, 1.54) is 26.9 Å². The first-order valence-electron chi connectivity index (χ1n) is 11.4. The first kappa shape index (κ1) is 24.9. The molecule has 0 saturated carbocycles.